The second kappa shape index (κ2) is 9.02. The highest BCUT2D eigenvalue weighted by molar-refractivity contribution is 5.76. The number of ether oxygens (including phenoxy) is 2. The molecule has 1 saturated heterocycles. The molecule has 1 heterocycles. The number of benzene rings is 1. The first-order chi connectivity index (χ1) is 11.2. The van der Waals surface area contributed by atoms with Gasteiger partial charge in [-0.05, 0) is 31.9 Å². The maximum absolute atomic E-state index is 12.1. The van der Waals surface area contributed by atoms with Gasteiger partial charge in [-0.15, -0.1) is 0 Å². The van der Waals surface area contributed by atoms with Gasteiger partial charge in [0.25, 0.3) is 0 Å². The van der Waals surface area contributed by atoms with E-state index in [1.54, 1.807) is 11.8 Å². The molecule has 2 amide bonds. The van der Waals surface area contributed by atoms with Crippen molar-refractivity contribution in [1.82, 2.24) is 10.2 Å². The number of amides is 2. The number of carbonyl (C=O) groups excluding carboxylic acids is 2. The molecule has 0 unspecified atom stereocenters. The summed E-state index contributed by atoms with van der Waals surface area (Å²) in [5.41, 5.74) is 0. The Balaban J connectivity index is 1.62. The van der Waals surface area contributed by atoms with Crippen LogP contribution in [0.25, 0.3) is 0 Å². The smallest absolute Gasteiger partial charge is 0.317 e. The van der Waals surface area contributed by atoms with Gasteiger partial charge < -0.3 is 19.7 Å². The van der Waals surface area contributed by atoms with E-state index in [4.69, 9.17) is 9.47 Å². The zero-order valence-corrected chi connectivity index (χ0v) is 13.5. The SMILES string of the molecule is CCOC(=O)C1CCN(C(=O)NCCOc2ccccc2)CC1. The van der Waals surface area contributed by atoms with Crippen molar-refractivity contribution in [2.75, 3.05) is 32.8 Å². The van der Waals surface area contributed by atoms with Crippen LogP contribution < -0.4 is 10.1 Å². The van der Waals surface area contributed by atoms with Gasteiger partial charge in [0.05, 0.1) is 19.1 Å². The van der Waals surface area contributed by atoms with E-state index < -0.39 is 0 Å². The molecule has 0 atom stereocenters. The van der Waals surface area contributed by atoms with Gasteiger partial charge in [0.15, 0.2) is 0 Å². The molecule has 2 rings (SSSR count). The summed E-state index contributed by atoms with van der Waals surface area (Å²) in [7, 11) is 0. The number of urea groups is 1. The number of hydrogen-bond donors (Lipinski definition) is 1. The first-order valence-corrected chi connectivity index (χ1v) is 8.08. The van der Waals surface area contributed by atoms with Gasteiger partial charge in [-0.3, -0.25) is 4.79 Å². The first kappa shape index (κ1) is 17.1. The number of nitrogens with one attached hydrogen (secondary N) is 1. The van der Waals surface area contributed by atoms with Gasteiger partial charge in [0.2, 0.25) is 0 Å². The Hall–Kier alpha value is -2.24. The third-order valence-corrected chi connectivity index (χ3v) is 3.79. The van der Waals surface area contributed by atoms with E-state index in [2.05, 4.69) is 5.32 Å². The van der Waals surface area contributed by atoms with Crippen LogP contribution in [0.15, 0.2) is 30.3 Å². The summed E-state index contributed by atoms with van der Waals surface area (Å²) in [5.74, 6) is 0.557. The standard InChI is InChI=1S/C17H24N2O4/c1-2-22-16(20)14-8-11-19(12-9-14)17(21)18-10-13-23-15-6-4-3-5-7-15/h3-7,14H,2,8-13H2,1H3,(H,18,21). The van der Waals surface area contributed by atoms with Crippen LogP contribution in [0.2, 0.25) is 0 Å². The van der Waals surface area contributed by atoms with Crippen molar-refractivity contribution in [3.63, 3.8) is 0 Å². The lowest BCUT2D eigenvalue weighted by atomic mass is 9.97. The molecule has 1 N–H and O–H groups in total. The lowest BCUT2D eigenvalue weighted by Crippen LogP contribution is -2.46. The second-order valence-electron chi connectivity index (χ2n) is 5.41. The van der Waals surface area contributed by atoms with Crippen LogP contribution in [0.3, 0.4) is 0 Å². The summed E-state index contributed by atoms with van der Waals surface area (Å²) in [6.45, 7) is 4.24. The van der Waals surface area contributed by atoms with E-state index in [1.807, 2.05) is 30.3 Å². The lowest BCUT2D eigenvalue weighted by Gasteiger charge is -2.30. The van der Waals surface area contributed by atoms with Crippen LogP contribution in [-0.2, 0) is 9.53 Å². The van der Waals surface area contributed by atoms with Crippen LogP contribution in [0, 0.1) is 5.92 Å². The number of rotatable bonds is 6. The Labute approximate surface area is 136 Å². The van der Waals surface area contributed by atoms with Crippen molar-refractivity contribution in [1.29, 1.82) is 0 Å². The number of carbonyl (C=O) groups is 2. The summed E-state index contributed by atoms with van der Waals surface area (Å²) in [6.07, 6.45) is 1.32. The zero-order valence-electron chi connectivity index (χ0n) is 13.5. The summed E-state index contributed by atoms with van der Waals surface area (Å²) in [4.78, 5) is 25.5. The Morgan fingerprint density at radius 1 is 1.22 bits per heavy atom. The number of esters is 1. The molecular formula is C17H24N2O4. The minimum absolute atomic E-state index is 0.0830. The van der Waals surface area contributed by atoms with E-state index in [-0.39, 0.29) is 17.9 Å². The topological polar surface area (TPSA) is 67.9 Å². The van der Waals surface area contributed by atoms with Crippen LogP contribution in [-0.4, -0.2) is 49.7 Å². The molecule has 0 aromatic heterocycles. The molecule has 0 spiro atoms. The number of piperidine rings is 1. The van der Waals surface area contributed by atoms with Gasteiger partial charge >= 0.3 is 12.0 Å². The third-order valence-electron chi connectivity index (χ3n) is 3.79. The summed E-state index contributed by atoms with van der Waals surface area (Å²) < 4.78 is 10.5. The van der Waals surface area contributed by atoms with E-state index >= 15 is 0 Å². The quantitative estimate of drug-likeness (QED) is 0.643. The van der Waals surface area contributed by atoms with E-state index in [0.717, 1.165) is 5.75 Å². The molecule has 0 bridgehead atoms. The molecule has 1 fully saturated rings. The normalized spacial score (nSPS) is 15.1. The molecule has 1 aromatic rings. The minimum Gasteiger partial charge on any atom is -0.492 e. The fourth-order valence-corrected chi connectivity index (χ4v) is 2.53. The van der Waals surface area contributed by atoms with Gasteiger partial charge in [0.1, 0.15) is 12.4 Å². The Morgan fingerprint density at radius 2 is 1.91 bits per heavy atom. The molecule has 1 aliphatic heterocycles. The molecule has 0 saturated carbocycles. The highest BCUT2D eigenvalue weighted by atomic mass is 16.5. The number of likely N-dealkylation sites (tertiary alicyclic amines) is 1. The average Bonchev–Trinajstić information content (AvgIpc) is 2.60. The summed E-state index contributed by atoms with van der Waals surface area (Å²) >= 11 is 0. The van der Waals surface area contributed by atoms with Crippen molar-refractivity contribution in [2.24, 2.45) is 5.92 Å². The highest BCUT2D eigenvalue weighted by Gasteiger charge is 2.27. The van der Waals surface area contributed by atoms with Crippen molar-refractivity contribution >= 4 is 12.0 Å². The van der Waals surface area contributed by atoms with Crippen LogP contribution in [0.1, 0.15) is 19.8 Å². The Bertz CT molecular complexity index is 499. The van der Waals surface area contributed by atoms with Crippen LogP contribution in [0.4, 0.5) is 4.79 Å². The van der Waals surface area contributed by atoms with Crippen molar-refractivity contribution < 1.29 is 19.1 Å². The van der Waals surface area contributed by atoms with Crippen molar-refractivity contribution in [3.05, 3.63) is 30.3 Å². The molecule has 0 radical (unpaired) electrons. The lowest BCUT2D eigenvalue weighted by molar-refractivity contribution is -0.149. The molecule has 6 nitrogen and oxygen atoms in total. The van der Waals surface area contributed by atoms with Crippen LogP contribution >= 0.6 is 0 Å². The Kier molecular flexibility index (Phi) is 6.72. The van der Waals surface area contributed by atoms with Gasteiger partial charge in [-0.2, -0.15) is 0 Å². The van der Waals surface area contributed by atoms with Gasteiger partial charge in [-0.1, -0.05) is 18.2 Å². The predicted molar refractivity (Wildman–Crippen MR) is 86.3 cm³/mol. The summed E-state index contributed by atoms with van der Waals surface area (Å²) in [5, 5.41) is 2.84. The number of nitrogens with zero attached hydrogens (tertiary/aromatic N) is 1. The fourth-order valence-electron chi connectivity index (χ4n) is 2.53. The monoisotopic (exact) mass is 320 g/mol. The van der Waals surface area contributed by atoms with Crippen molar-refractivity contribution in [3.8, 4) is 5.75 Å². The number of para-hydroxylation sites is 1. The maximum Gasteiger partial charge on any atom is 0.317 e. The van der Waals surface area contributed by atoms with E-state index in [1.165, 1.54) is 0 Å². The second-order valence-corrected chi connectivity index (χ2v) is 5.41. The average molecular weight is 320 g/mol. The molecular weight excluding hydrogens is 296 g/mol. The highest BCUT2D eigenvalue weighted by Crippen LogP contribution is 2.18. The van der Waals surface area contributed by atoms with Gasteiger partial charge in [0, 0.05) is 13.1 Å². The third kappa shape index (κ3) is 5.47. The van der Waals surface area contributed by atoms with Crippen LogP contribution in [0.5, 0.6) is 5.75 Å². The maximum atomic E-state index is 12.1. The molecule has 1 aromatic carbocycles. The number of hydrogen-bond acceptors (Lipinski definition) is 4. The van der Waals surface area contributed by atoms with Crippen molar-refractivity contribution in [2.45, 2.75) is 19.8 Å². The molecule has 126 valence electrons. The molecule has 6 heteroatoms. The first-order valence-electron chi connectivity index (χ1n) is 8.08. The summed E-state index contributed by atoms with van der Waals surface area (Å²) in [6, 6.07) is 9.38. The largest absolute Gasteiger partial charge is 0.492 e. The van der Waals surface area contributed by atoms with E-state index in [0.29, 0.717) is 45.7 Å². The Morgan fingerprint density at radius 3 is 2.57 bits per heavy atom. The van der Waals surface area contributed by atoms with E-state index in [9.17, 15) is 9.59 Å². The minimum atomic E-state index is -0.149. The fraction of sp³-hybridized carbons (Fsp3) is 0.529. The zero-order chi connectivity index (χ0) is 16.5. The molecule has 1 aliphatic rings. The van der Waals surface area contributed by atoms with Gasteiger partial charge in [-0.25, -0.2) is 4.79 Å². The predicted octanol–water partition coefficient (Wildman–Crippen LogP) is 2.05. The molecule has 23 heavy (non-hydrogen) atoms. The molecule has 0 aliphatic carbocycles.